The van der Waals surface area contributed by atoms with E-state index in [1.54, 1.807) is 0 Å². The summed E-state index contributed by atoms with van der Waals surface area (Å²) in [6, 6.07) is 1.99. The van der Waals surface area contributed by atoms with Crippen molar-refractivity contribution in [2.75, 3.05) is 5.32 Å². The molecule has 1 saturated carbocycles. The van der Waals surface area contributed by atoms with Gasteiger partial charge in [0.1, 0.15) is 5.82 Å². The van der Waals surface area contributed by atoms with E-state index in [4.69, 9.17) is 5.73 Å². The van der Waals surface area contributed by atoms with Crippen LogP contribution in [0.2, 0.25) is 0 Å². The fraction of sp³-hybridized carbons (Fsp3) is 0.545. The highest BCUT2D eigenvalue weighted by Gasteiger charge is 2.31. The molecule has 1 fully saturated rings. The summed E-state index contributed by atoms with van der Waals surface area (Å²) in [6.45, 7) is 0. The first-order valence-corrected chi connectivity index (χ1v) is 5.52. The Labute approximate surface area is 97.2 Å². The molecular formula is C11H14F3N3. The first-order valence-electron chi connectivity index (χ1n) is 5.52. The average Bonchev–Trinajstić information content (AvgIpc) is 2.64. The summed E-state index contributed by atoms with van der Waals surface area (Å²) in [4.78, 5) is 3.88. The van der Waals surface area contributed by atoms with Gasteiger partial charge in [0.2, 0.25) is 0 Å². The number of pyridine rings is 1. The lowest BCUT2D eigenvalue weighted by molar-refractivity contribution is -0.137. The van der Waals surface area contributed by atoms with E-state index in [0.29, 0.717) is 0 Å². The van der Waals surface area contributed by atoms with E-state index >= 15 is 0 Å². The third-order valence-corrected chi connectivity index (χ3v) is 2.99. The van der Waals surface area contributed by atoms with Gasteiger partial charge in [0.25, 0.3) is 0 Å². The van der Waals surface area contributed by atoms with Crippen LogP contribution in [0.4, 0.5) is 19.0 Å². The van der Waals surface area contributed by atoms with Crippen molar-refractivity contribution in [3.63, 3.8) is 0 Å². The minimum Gasteiger partial charge on any atom is -0.366 e. The van der Waals surface area contributed by atoms with Crippen LogP contribution in [0.5, 0.6) is 0 Å². The molecule has 2 atom stereocenters. The maximum Gasteiger partial charge on any atom is 0.416 e. The molecule has 1 aliphatic rings. The van der Waals surface area contributed by atoms with Crippen LogP contribution in [-0.4, -0.2) is 17.1 Å². The summed E-state index contributed by atoms with van der Waals surface area (Å²) >= 11 is 0. The molecule has 3 N–H and O–H groups in total. The summed E-state index contributed by atoms with van der Waals surface area (Å²) in [5, 5.41) is 2.97. The number of halogens is 3. The topological polar surface area (TPSA) is 50.9 Å². The van der Waals surface area contributed by atoms with Gasteiger partial charge in [-0.2, -0.15) is 13.2 Å². The Morgan fingerprint density at radius 1 is 1.35 bits per heavy atom. The van der Waals surface area contributed by atoms with E-state index in [1.807, 2.05) is 0 Å². The van der Waals surface area contributed by atoms with Crippen molar-refractivity contribution in [1.82, 2.24) is 4.98 Å². The SMILES string of the molecule is NC1CCCC1Nc1cc(C(F)(F)F)ccn1. The van der Waals surface area contributed by atoms with Crippen LogP contribution in [0.1, 0.15) is 24.8 Å². The van der Waals surface area contributed by atoms with Crippen LogP contribution in [0.3, 0.4) is 0 Å². The van der Waals surface area contributed by atoms with Crippen molar-refractivity contribution in [1.29, 1.82) is 0 Å². The quantitative estimate of drug-likeness (QED) is 0.841. The Kier molecular flexibility index (Phi) is 3.24. The molecule has 2 rings (SSSR count). The van der Waals surface area contributed by atoms with Gasteiger partial charge in [0.15, 0.2) is 0 Å². The van der Waals surface area contributed by atoms with Gasteiger partial charge in [-0.15, -0.1) is 0 Å². The number of nitrogens with two attached hydrogens (primary N) is 1. The zero-order chi connectivity index (χ0) is 12.5. The second-order valence-corrected chi connectivity index (χ2v) is 4.27. The van der Waals surface area contributed by atoms with Gasteiger partial charge in [-0.1, -0.05) is 0 Å². The van der Waals surface area contributed by atoms with E-state index in [2.05, 4.69) is 10.3 Å². The third-order valence-electron chi connectivity index (χ3n) is 2.99. The lowest BCUT2D eigenvalue weighted by Gasteiger charge is -2.18. The fourth-order valence-corrected chi connectivity index (χ4v) is 2.04. The zero-order valence-corrected chi connectivity index (χ0v) is 9.17. The van der Waals surface area contributed by atoms with E-state index in [0.717, 1.165) is 37.6 Å². The van der Waals surface area contributed by atoms with E-state index < -0.39 is 11.7 Å². The number of alkyl halides is 3. The predicted octanol–water partition coefficient (Wildman–Crippen LogP) is 2.39. The summed E-state index contributed by atoms with van der Waals surface area (Å²) in [7, 11) is 0. The molecule has 1 heterocycles. The summed E-state index contributed by atoms with van der Waals surface area (Å²) in [5.41, 5.74) is 5.15. The Morgan fingerprint density at radius 2 is 2.12 bits per heavy atom. The Hall–Kier alpha value is -1.30. The summed E-state index contributed by atoms with van der Waals surface area (Å²) < 4.78 is 37.4. The number of anilines is 1. The highest BCUT2D eigenvalue weighted by atomic mass is 19.4. The molecule has 0 aromatic carbocycles. The zero-order valence-electron chi connectivity index (χ0n) is 9.17. The monoisotopic (exact) mass is 245 g/mol. The maximum atomic E-state index is 12.5. The molecule has 0 radical (unpaired) electrons. The lowest BCUT2D eigenvalue weighted by atomic mass is 10.2. The molecule has 3 nitrogen and oxygen atoms in total. The molecule has 0 amide bonds. The molecule has 1 aromatic heterocycles. The van der Waals surface area contributed by atoms with Crippen molar-refractivity contribution < 1.29 is 13.2 Å². The number of hydrogen-bond donors (Lipinski definition) is 2. The molecular weight excluding hydrogens is 231 g/mol. The smallest absolute Gasteiger partial charge is 0.366 e. The van der Waals surface area contributed by atoms with Gasteiger partial charge < -0.3 is 11.1 Å². The molecule has 17 heavy (non-hydrogen) atoms. The van der Waals surface area contributed by atoms with Gasteiger partial charge in [0, 0.05) is 18.3 Å². The predicted molar refractivity (Wildman–Crippen MR) is 58.5 cm³/mol. The highest BCUT2D eigenvalue weighted by Crippen LogP contribution is 2.30. The van der Waals surface area contributed by atoms with E-state index in [1.165, 1.54) is 0 Å². The molecule has 6 heteroatoms. The Bertz CT molecular complexity index is 392. The van der Waals surface area contributed by atoms with Crippen molar-refractivity contribution in [2.45, 2.75) is 37.5 Å². The van der Waals surface area contributed by atoms with Crippen molar-refractivity contribution in [3.05, 3.63) is 23.9 Å². The number of aromatic nitrogens is 1. The summed E-state index contributed by atoms with van der Waals surface area (Å²) in [6.07, 6.45) is -0.406. The van der Waals surface area contributed by atoms with Gasteiger partial charge >= 0.3 is 6.18 Å². The standard InChI is InChI=1S/C11H14F3N3/c12-11(13,14)7-4-5-16-10(6-7)17-9-3-1-2-8(9)15/h4-6,8-9H,1-3,15H2,(H,16,17). The first kappa shape index (κ1) is 12.2. The molecule has 0 aliphatic heterocycles. The van der Waals surface area contributed by atoms with Crippen molar-refractivity contribution in [3.8, 4) is 0 Å². The van der Waals surface area contributed by atoms with Crippen LogP contribution < -0.4 is 11.1 Å². The largest absolute Gasteiger partial charge is 0.416 e. The molecule has 0 saturated heterocycles. The van der Waals surface area contributed by atoms with Crippen LogP contribution in [0.15, 0.2) is 18.3 Å². The number of nitrogens with one attached hydrogen (secondary N) is 1. The molecule has 0 spiro atoms. The molecule has 0 bridgehead atoms. The molecule has 1 aliphatic carbocycles. The molecule has 2 unspecified atom stereocenters. The number of rotatable bonds is 2. The maximum absolute atomic E-state index is 12.5. The molecule has 94 valence electrons. The van der Waals surface area contributed by atoms with Crippen molar-refractivity contribution in [2.24, 2.45) is 5.73 Å². The Balaban J connectivity index is 2.11. The summed E-state index contributed by atoms with van der Waals surface area (Å²) in [5.74, 6) is 0.238. The van der Waals surface area contributed by atoms with E-state index in [-0.39, 0.29) is 17.9 Å². The second-order valence-electron chi connectivity index (χ2n) is 4.27. The fourth-order valence-electron chi connectivity index (χ4n) is 2.04. The van der Waals surface area contributed by atoms with Crippen LogP contribution in [-0.2, 0) is 6.18 Å². The average molecular weight is 245 g/mol. The van der Waals surface area contributed by atoms with Gasteiger partial charge in [-0.25, -0.2) is 4.98 Å². The minimum atomic E-state index is -4.34. The van der Waals surface area contributed by atoms with Crippen LogP contribution >= 0.6 is 0 Å². The first-order chi connectivity index (χ1) is 7.97. The van der Waals surface area contributed by atoms with Crippen molar-refractivity contribution >= 4 is 5.82 Å². The van der Waals surface area contributed by atoms with Crippen LogP contribution in [0, 0.1) is 0 Å². The Morgan fingerprint density at radius 3 is 2.71 bits per heavy atom. The van der Waals surface area contributed by atoms with Gasteiger partial charge in [-0.3, -0.25) is 0 Å². The molecule has 1 aromatic rings. The number of nitrogens with zero attached hydrogens (tertiary/aromatic N) is 1. The van der Waals surface area contributed by atoms with Gasteiger partial charge in [0.05, 0.1) is 5.56 Å². The van der Waals surface area contributed by atoms with Gasteiger partial charge in [-0.05, 0) is 31.4 Å². The minimum absolute atomic E-state index is 0.00802. The second kappa shape index (κ2) is 4.52. The third kappa shape index (κ3) is 2.88. The highest BCUT2D eigenvalue weighted by molar-refractivity contribution is 5.40. The lowest BCUT2D eigenvalue weighted by Crippen LogP contribution is -2.35. The van der Waals surface area contributed by atoms with Crippen LogP contribution in [0.25, 0.3) is 0 Å². The number of hydrogen-bond acceptors (Lipinski definition) is 3. The van der Waals surface area contributed by atoms with E-state index in [9.17, 15) is 13.2 Å². The normalized spacial score (nSPS) is 24.9.